The third-order valence-corrected chi connectivity index (χ3v) is 5.95. The summed E-state index contributed by atoms with van der Waals surface area (Å²) in [6, 6.07) is 15.1. The van der Waals surface area contributed by atoms with Gasteiger partial charge >= 0.3 is 5.97 Å². The quantitative estimate of drug-likeness (QED) is 0.522. The van der Waals surface area contributed by atoms with Gasteiger partial charge in [0, 0.05) is 16.7 Å². The maximum Gasteiger partial charge on any atom is 0.319 e. The Kier molecular flexibility index (Phi) is 7.14. The number of nitriles is 1. The summed E-state index contributed by atoms with van der Waals surface area (Å²) in [5.74, 6) is -3.99. The van der Waals surface area contributed by atoms with E-state index < -0.39 is 29.5 Å². The zero-order valence-corrected chi connectivity index (χ0v) is 17.6. The molecule has 0 aliphatic carbocycles. The fourth-order valence-corrected chi connectivity index (χ4v) is 4.35. The lowest BCUT2D eigenvalue weighted by molar-refractivity contribution is -0.152. The molecule has 1 aliphatic rings. The van der Waals surface area contributed by atoms with E-state index >= 15 is 0 Å². The van der Waals surface area contributed by atoms with Crippen molar-refractivity contribution in [2.24, 2.45) is 5.92 Å². The van der Waals surface area contributed by atoms with E-state index in [9.17, 15) is 19.2 Å². The Hall–Kier alpha value is -2.82. The van der Waals surface area contributed by atoms with Crippen molar-refractivity contribution in [1.29, 1.82) is 5.26 Å². The van der Waals surface area contributed by atoms with E-state index in [0.29, 0.717) is 15.8 Å². The van der Waals surface area contributed by atoms with Crippen LogP contribution in [-0.4, -0.2) is 18.5 Å². The molecule has 0 radical (unpaired) electrons. The lowest BCUT2D eigenvalue weighted by Gasteiger charge is -2.31. The Morgan fingerprint density at radius 2 is 1.97 bits per heavy atom. The van der Waals surface area contributed by atoms with E-state index in [0.717, 1.165) is 5.56 Å². The van der Waals surface area contributed by atoms with E-state index in [1.807, 2.05) is 12.1 Å². The third kappa shape index (κ3) is 4.66. The largest absolute Gasteiger partial charge is 0.465 e. The predicted molar refractivity (Wildman–Crippen MR) is 113 cm³/mol. The predicted octanol–water partition coefficient (Wildman–Crippen LogP) is 4.54. The second-order valence-electron chi connectivity index (χ2n) is 6.49. The van der Waals surface area contributed by atoms with Crippen LogP contribution in [0.4, 0.5) is 4.39 Å². The van der Waals surface area contributed by atoms with Crippen molar-refractivity contribution in [2.45, 2.75) is 18.6 Å². The number of amides is 1. The molecule has 0 unspecified atom stereocenters. The van der Waals surface area contributed by atoms with Gasteiger partial charge in [0.1, 0.15) is 11.7 Å². The molecule has 3 rings (SSSR count). The minimum absolute atomic E-state index is 0.0659. The van der Waals surface area contributed by atoms with Crippen molar-refractivity contribution < 1.29 is 18.7 Å². The molecule has 0 fully saturated rings. The lowest BCUT2D eigenvalue weighted by Crippen LogP contribution is -2.44. The van der Waals surface area contributed by atoms with Gasteiger partial charge in [-0.1, -0.05) is 41.9 Å². The van der Waals surface area contributed by atoms with Crippen LogP contribution in [0.2, 0.25) is 5.02 Å². The average Bonchev–Trinajstić information content (AvgIpc) is 2.73. The van der Waals surface area contributed by atoms with Crippen LogP contribution >= 0.6 is 23.4 Å². The van der Waals surface area contributed by atoms with Crippen LogP contribution in [0.25, 0.3) is 0 Å². The number of rotatable bonds is 6. The number of ether oxygens (including phenoxy) is 1. The van der Waals surface area contributed by atoms with Crippen LogP contribution < -0.4 is 5.32 Å². The van der Waals surface area contributed by atoms with Gasteiger partial charge in [-0.25, -0.2) is 4.39 Å². The topological polar surface area (TPSA) is 79.2 Å². The number of halogens is 2. The third-order valence-electron chi connectivity index (χ3n) is 4.61. The molecule has 1 heterocycles. The molecule has 30 heavy (non-hydrogen) atoms. The highest BCUT2D eigenvalue weighted by molar-refractivity contribution is 8.02. The molecule has 8 heteroatoms. The number of benzene rings is 2. The van der Waals surface area contributed by atoms with Gasteiger partial charge in [0.05, 0.1) is 23.3 Å². The highest BCUT2D eigenvalue weighted by Crippen LogP contribution is 2.41. The summed E-state index contributed by atoms with van der Waals surface area (Å²) in [5.41, 5.74) is 1.15. The first-order valence-corrected chi connectivity index (χ1v) is 10.6. The number of hydrogen-bond donors (Lipinski definition) is 1. The van der Waals surface area contributed by atoms with Crippen molar-refractivity contribution >= 4 is 35.2 Å². The fourth-order valence-electron chi connectivity index (χ4n) is 3.22. The van der Waals surface area contributed by atoms with Gasteiger partial charge in [0.25, 0.3) is 0 Å². The molecular weight excluding hydrogens is 427 g/mol. The second kappa shape index (κ2) is 9.79. The molecule has 0 saturated carbocycles. The maximum absolute atomic E-state index is 14.6. The van der Waals surface area contributed by atoms with Gasteiger partial charge in [-0.2, -0.15) is 5.26 Å². The van der Waals surface area contributed by atoms with Gasteiger partial charge < -0.3 is 10.1 Å². The number of esters is 1. The van der Waals surface area contributed by atoms with E-state index in [1.165, 1.54) is 30.0 Å². The zero-order chi connectivity index (χ0) is 21.7. The molecule has 154 valence electrons. The standard InChI is InChI=1S/C22H18ClFN2O3S/c1-2-29-22(28)19-18(15-5-3-4-6-17(15)24)16(11-25)21(26-20(19)27)30-12-13-7-9-14(23)10-8-13/h3-10,18-19H,2,12H2,1H3,(H,26,27)/t18-,19-/m0/s1. The molecule has 2 aromatic rings. The average molecular weight is 445 g/mol. The Labute approximate surface area is 182 Å². The minimum atomic E-state index is -1.35. The van der Waals surface area contributed by atoms with Gasteiger partial charge in [0.2, 0.25) is 5.91 Å². The lowest BCUT2D eigenvalue weighted by atomic mass is 9.78. The van der Waals surface area contributed by atoms with E-state index in [-0.39, 0.29) is 17.7 Å². The first-order valence-electron chi connectivity index (χ1n) is 9.19. The summed E-state index contributed by atoms with van der Waals surface area (Å²) >= 11 is 7.13. The van der Waals surface area contributed by atoms with Crippen LogP contribution in [0.3, 0.4) is 0 Å². The van der Waals surface area contributed by atoms with Crippen LogP contribution in [0.15, 0.2) is 59.1 Å². The number of carbonyl (C=O) groups excluding carboxylic acids is 2. The number of nitrogens with one attached hydrogen (secondary N) is 1. The first kappa shape index (κ1) is 21.9. The number of thioether (sulfide) groups is 1. The highest BCUT2D eigenvalue weighted by atomic mass is 35.5. The molecule has 2 aromatic carbocycles. The second-order valence-corrected chi connectivity index (χ2v) is 7.91. The molecule has 2 atom stereocenters. The molecule has 0 saturated heterocycles. The Morgan fingerprint density at radius 1 is 1.27 bits per heavy atom. The summed E-state index contributed by atoms with van der Waals surface area (Å²) in [5, 5.41) is 13.4. The molecule has 1 N–H and O–H groups in total. The summed E-state index contributed by atoms with van der Waals surface area (Å²) in [7, 11) is 0. The number of hydrogen-bond acceptors (Lipinski definition) is 5. The highest BCUT2D eigenvalue weighted by Gasteiger charge is 2.45. The summed E-state index contributed by atoms with van der Waals surface area (Å²) in [6.07, 6.45) is 0. The van der Waals surface area contributed by atoms with E-state index in [4.69, 9.17) is 16.3 Å². The number of nitrogens with zero attached hydrogens (tertiary/aromatic N) is 1. The van der Waals surface area contributed by atoms with Crippen molar-refractivity contribution in [2.75, 3.05) is 6.61 Å². The SMILES string of the molecule is CCOC(=O)[C@@H]1C(=O)NC(SCc2ccc(Cl)cc2)=C(C#N)[C@@H]1c1ccccc1F. The molecule has 0 spiro atoms. The number of allylic oxidation sites excluding steroid dienone is 1. The Morgan fingerprint density at radius 3 is 2.60 bits per heavy atom. The van der Waals surface area contributed by atoms with Crippen LogP contribution in [0.1, 0.15) is 24.0 Å². The van der Waals surface area contributed by atoms with Crippen LogP contribution in [0, 0.1) is 23.1 Å². The minimum Gasteiger partial charge on any atom is -0.465 e. The molecule has 1 amide bonds. The van der Waals surface area contributed by atoms with Gasteiger partial charge in [0.15, 0.2) is 0 Å². The fraction of sp³-hybridized carbons (Fsp3) is 0.227. The van der Waals surface area contributed by atoms with Crippen LogP contribution in [0.5, 0.6) is 0 Å². The van der Waals surface area contributed by atoms with Gasteiger partial charge in [-0.15, -0.1) is 11.8 Å². The normalized spacial score (nSPS) is 18.5. The van der Waals surface area contributed by atoms with Crippen molar-refractivity contribution in [3.8, 4) is 6.07 Å². The molecule has 0 bridgehead atoms. The maximum atomic E-state index is 14.6. The Balaban J connectivity index is 2.03. The van der Waals surface area contributed by atoms with Gasteiger partial charge in [-0.3, -0.25) is 9.59 Å². The zero-order valence-electron chi connectivity index (χ0n) is 16.0. The summed E-state index contributed by atoms with van der Waals surface area (Å²) in [6.45, 7) is 1.68. The smallest absolute Gasteiger partial charge is 0.319 e. The van der Waals surface area contributed by atoms with Crippen LogP contribution in [-0.2, 0) is 20.1 Å². The molecule has 1 aliphatic heterocycles. The van der Waals surface area contributed by atoms with Crippen molar-refractivity contribution in [1.82, 2.24) is 5.32 Å². The van der Waals surface area contributed by atoms with Gasteiger partial charge in [-0.05, 0) is 36.2 Å². The van der Waals surface area contributed by atoms with Crippen molar-refractivity contribution in [3.05, 3.63) is 81.1 Å². The molecule has 0 aromatic heterocycles. The first-order chi connectivity index (χ1) is 14.5. The summed E-state index contributed by atoms with van der Waals surface area (Å²) in [4.78, 5) is 25.4. The molecule has 5 nitrogen and oxygen atoms in total. The monoisotopic (exact) mass is 444 g/mol. The summed E-state index contributed by atoms with van der Waals surface area (Å²) < 4.78 is 19.7. The Bertz CT molecular complexity index is 1030. The van der Waals surface area contributed by atoms with Crippen molar-refractivity contribution in [3.63, 3.8) is 0 Å². The van der Waals surface area contributed by atoms with E-state index in [2.05, 4.69) is 11.4 Å². The number of carbonyl (C=O) groups is 2. The van der Waals surface area contributed by atoms with E-state index in [1.54, 1.807) is 25.1 Å². The molecular formula is C22H18ClFN2O3S.